The quantitative estimate of drug-likeness (QED) is 0.209. The standard InChI is InChI=1S/C23H37N3O4.HI/c1-4-24-23(25-8-5-10-29-16-18-7-11-30-17-18)26-9-6-19(15-26)20-12-21(27-2)14-22(13-20)28-3;/h12-14,18-19H,4-11,15-17H2,1-3H3,(H,24,25);1H. The van der Waals surface area contributed by atoms with Crippen LogP contribution in [0.3, 0.4) is 0 Å². The highest BCUT2D eigenvalue weighted by Crippen LogP contribution is 2.32. The summed E-state index contributed by atoms with van der Waals surface area (Å²) < 4.78 is 22.1. The molecule has 176 valence electrons. The van der Waals surface area contributed by atoms with Crippen molar-refractivity contribution < 1.29 is 18.9 Å². The molecule has 2 fully saturated rings. The number of likely N-dealkylation sites (tertiary alicyclic amines) is 1. The third kappa shape index (κ3) is 7.98. The fourth-order valence-corrected chi connectivity index (χ4v) is 4.03. The van der Waals surface area contributed by atoms with Crippen LogP contribution in [0.25, 0.3) is 0 Å². The van der Waals surface area contributed by atoms with Crippen LogP contribution >= 0.6 is 24.0 Å². The lowest BCUT2D eigenvalue weighted by Gasteiger charge is -2.22. The summed E-state index contributed by atoms with van der Waals surface area (Å²) in [5.74, 6) is 3.69. The first-order chi connectivity index (χ1) is 14.7. The summed E-state index contributed by atoms with van der Waals surface area (Å²) in [6, 6.07) is 6.16. The second kappa shape index (κ2) is 14.0. The normalized spacial score (nSPS) is 21.1. The first-order valence-electron chi connectivity index (χ1n) is 11.1. The number of aliphatic imine (C=N–C) groups is 1. The smallest absolute Gasteiger partial charge is 0.193 e. The Labute approximate surface area is 203 Å². The highest BCUT2D eigenvalue weighted by molar-refractivity contribution is 14.0. The lowest BCUT2D eigenvalue weighted by molar-refractivity contribution is 0.0893. The minimum Gasteiger partial charge on any atom is -0.497 e. The SMILES string of the molecule is CCNC(=NCCCOCC1CCOC1)N1CCC(c2cc(OC)cc(OC)c2)C1.I. The maximum atomic E-state index is 5.80. The number of halogens is 1. The fraction of sp³-hybridized carbons (Fsp3) is 0.696. The Kier molecular flexibility index (Phi) is 11.7. The Bertz CT molecular complexity index is 661. The molecular weight excluding hydrogens is 509 g/mol. The Hall–Kier alpha value is -1.26. The molecule has 2 aliphatic heterocycles. The van der Waals surface area contributed by atoms with Crippen molar-refractivity contribution in [1.29, 1.82) is 0 Å². The monoisotopic (exact) mass is 547 g/mol. The Morgan fingerprint density at radius 2 is 1.97 bits per heavy atom. The molecule has 2 aliphatic rings. The maximum Gasteiger partial charge on any atom is 0.193 e. The number of guanidine groups is 1. The number of nitrogens with one attached hydrogen (secondary N) is 1. The number of hydrogen-bond donors (Lipinski definition) is 1. The molecular formula is C23H38IN3O4. The van der Waals surface area contributed by atoms with Gasteiger partial charge in [0.05, 0.1) is 27.4 Å². The van der Waals surface area contributed by atoms with E-state index in [-0.39, 0.29) is 24.0 Å². The predicted molar refractivity (Wildman–Crippen MR) is 134 cm³/mol. The molecule has 1 aromatic rings. The van der Waals surface area contributed by atoms with E-state index in [9.17, 15) is 0 Å². The van der Waals surface area contributed by atoms with Gasteiger partial charge in [-0.3, -0.25) is 4.99 Å². The van der Waals surface area contributed by atoms with Crippen molar-refractivity contribution in [2.75, 3.05) is 66.8 Å². The van der Waals surface area contributed by atoms with Gasteiger partial charge in [0.1, 0.15) is 11.5 Å². The second-order valence-electron chi connectivity index (χ2n) is 7.97. The van der Waals surface area contributed by atoms with Crippen molar-refractivity contribution in [3.05, 3.63) is 23.8 Å². The molecule has 0 amide bonds. The molecule has 0 saturated carbocycles. The molecule has 1 aromatic carbocycles. The summed E-state index contributed by atoms with van der Waals surface area (Å²) in [4.78, 5) is 7.20. The van der Waals surface area contributed by atoms with E-state index in [0.717, 1.165) is 89.3 Å². The van der Waals surface area contributed by atoms with Crippen LogP contribution in [0.5, 0.6) is 11.5 Å². The van der Waals surface area contributed by atoms with Crippen LogP contribution in [-0.2, 0) is 9.47 Å². The van der Waals surface area contributed by atoms with Crippen LogP contribution in [0, 0.1) is 5.92 Å². The summed E-state index contributed by atoms with van der Waals surface area (Å²) in [6.45, 7) is 8.98. The molecule has 0 spiro atoms. The summed E-state index contributed by atoms with van der Waals surface area (Å²) in [5.41, 5.74) is 1.26. The molecule has 0 aromatic heterocycles. The predicted octanol–water partition coefficient (Wildman–Crippen LogP) is 3.52. The molecule has 2 atom stereocenters. The first kappa shape index (κ1) is 26.0. The maximum absolute atomic E-state index is 5.80. The van der Waals surface area contributed by atoms with Gasteiger partial charge < -0.3 is 29.2 Å². The van der Waals surface area contributed by atoms with Crippen molar-refractivity contribution in [2.45, 2.75) is 32.1 Å². The lowest BCUT2D eigenvalue weighted by atomic mass is 9.98. The fourth-order valence-electron chi connectivity index (χ4n) is 4.03. The highest BCUT2D eigenvalue weighted by atomic mass is 127. The zero-order valence-electron chi connectivity index (χ0n) is 19.1. The first-order valence-corrected chi connectivity index (χ1v) is 11.1. The van der Waals surface area contributed by atoms with E-state index >= 15 is 0 Å². The van der Waals surface area contributed by atoms with Gasteiger partial charge >= 0.3 is 0 Å². The summed E-state index contributed by atoms with van der Waals surface area (Å²) >= 11 is 0. The van der Waals surface area contributed by atoms with Crippen molar-refractivity contribution in [3.8, 4) is 11.5 Å². The van der Waals surface area contributed by atoms with Crippen molar-refractivity contribution >= 4 is 29.9 Å². The number of nitrogens with zero attached hydrogens (tertiary/aromatic N) is 2. The molecule has 0 aliphatic carbocycles. The molecule has 3 rings (SSSR count). The van der Waals surface area contributed by atoms with E-state index in [0.29, 0.717) is 11.8 Å². The van der Waals surface area contributed by atoms with Gasteiger partial charge in [-0.15, -0.1) is 24.0 Å². The molecule has 1 N–H and O–H groups in total. The van der Waals surface area contributed by atoms with Gasteiger partial charge in [-0.1, -0.05) is 0 Å². The minimum atomic E-state index is 0. The zero-order chi connectivity index (χ0) is 21.2. The number of rotatable bonds is 10. The Morgan fingerprint density at radius 3 is 2.61 bits per heavy atom. The largest absolute Gasteiger partial charge is 0.497 e. The molecule has 0 radical (unpaired) electrons. The molecule has 0 bridgehead atoms. The van der Waals surface area contributed by atoms with Crippen LogP contribution in [0.2, 0.25) is 0 Å². The van der Waals surface area contributed by atoms with E-state index in [4.69, 9.17) is 23.9 Å². The lowest BCUT2D eigenvalue weighted by Crippen LogP contribution is -2.40. The zero-order valence-corrected chi connectivity index (χ0v) is 21.4. The van der Waals surface area contributed by atoms with Gasteiger partial charge in [-0.05, 0) is 43.9 Å². The van der Waals surface area contributed by atoms with Crippen molar-refractivity contribution in [1.82, 2.24) is 10.2 Å². The summed E-state index contributed by atoms with van der Waals surface area (Å²) in [6.07, 6.45) is 3.15. The van der Waals surface area contributed by atoms with E-state index in [2.05, 4.69) is 29.3 Å². The average molecular weight is 547 g/mol. The summed E-state index contributed by atoms with van der Waals surface area (Å²) in [7, 11) is 3.39. The molecule has 2 heterocycles. The summed E-state index contributed by atoms with van der Waals surface area (Å²) in [5, 5.41) is 3.45. The van der Waals surface area contributed by atoms with E-state index < -0.39 is 0 Å². The third-order valence-electron chi connectivity index (χ3n) is 5.75. The highest BCUT2D eigenvalue weighted by Gasteiger charge is 2.27. The molecule has 8 heteroatoms. The van der Waals surface area contributed by atoms with Crippen LogP contribution < -0.4 is 14.8 Å². The Morgan fingerprint density at radius 1 is 1.19 bits per heavy atom. The topological polar surface area (TPSA) is 64.6 Å². The molecule has 7 nitrogen and oxygen atoms in total. The van der Waals surface area contributed by atoms with E-state index in [1.807, 2.05) is 6.07 Å². The average Bonchev–Trinajstić information content (AvgIpc) is 3.47. The van der Waals surface area contributed by atoms with E-state index in [1.54, 1.807) is 14.2 Å². The minimum absolute atomic E-state index is 0. The van der Waals surface area contributed by atoms with Crippen LogP contribution in [0.1, 0.15) is 37.7 Å². The van der Waals surface area contributed by atoms with Crippen LogP contribution in [0.15, 0.2) is 23.2 Å². The van der Waals surface area contributed by atoms with Gasteiger partial charge in [0.25, 0.3) is 0 Å². The number of hydrogen-bond acceptors (Lipinski definition) is 5. The number of ether oxygens (including phenoxy) is 4. The van der Waals surface area contributed by atoms with Gasteiger partial charge in [0.15, 0.2) is 5.96 Å². The van der Waals surface area contributed by atoms with Gasteiger partial charge in [-0.25, -0.2) is 0 Å². The molecule has 31 heavy (non-hydrogen) atoms. The molecule has 2 unspecified atom stereocenters. The van der Waals surface area contributed by atoms with Crippen LogP contribution in [0.4, 0.5) is 0 Å². The van der Waals surface area contributed by atoms with Gasteiger partial charge in [0.2, 0.25) is 0 Å². The second-order valence-corrected chi connectivity index (χ2v) is 7.97. The van der Waals surface area contributed by atoms with E-state index in [1.165, 1.54) is 5.56 Å². The number of methoxy groups -OCH3 is 2. The molecule has 2 saturated heterocycles. The van der Waals surface area contributed by atoms with Crippen LogP contribution in [-0.4, -0.2) is 77.7 Å². The number of benzene rings is 1. The van der Waals surface area contributed by atoms with Gasteiger partial charge in [-0.2, -0.15) is 0 Å². The Balaban J connectivity index is 0.00000341. The van der Waals surface area contributed by atoms with Crippen molar-refractivity contribution in [3.63, 3.8) is 0 Å². The van der Waals surface area contributed by atoms with Crippen molar-refractivity contribution in [2.24, 2.45) is 10.9 Å². The third-order valence-corrected chi connectivity index (χ3v) is 5.75. The van der Waals surface area contributed by atoms with Gasteiger partial charge in [0, 0.05) is 57.3 Å².